The third kappa shape index (κ3) is 43.8. The molecule has 0 radical (unpaired) electrons. The third-order valence-corrected chi connectivity index (χ3v) is 29.1. The predicted molar refractivity (Wildman–Crippen MR) is 204 cm³/mol. The van der Waals surface area contributed by atoms with Crippen LogP contribution in [0.2, 0.25) is 0 Å². The molecule has 0 aromatic rings. The van der Waals surface area contributed by atoms with Crippen LogP contribution < -0.4 is 0 Å². The zero-order valence-electron chi connectivity index (χ0n) is 23.6. The van der Waals surface area contributed by atoms with Crippen LogP contribution >= 0.6 is 0 Å². The van der Waals surface area contributed by atoms with E-state index in [1.807, 2.05) is 0 Å². The lowest BCUT2D eigenvalue weighted by molar-refractivity contribution is 0.355. The van der Waals surface area contributed by atoms with Crippen molar-refractivity contribution in [1.82, 2.24) is 0 Å². The van der Waals surface area contributed by atoms with Gasteiger partial charge in [-0.15, -0.1) is 0 Å². The molecule has 0 saturated heterocycles. The van der Waals surface area contributed by atoms with E-state index in [4.69, 9.17) is 82.3 Å². The summed E-state index contributed by atoms with van der Waals surface area (Å²) in [4.78, 5) is 0. The van der Waals surface area contributed by atoms with Crippen LogP contribution in [0.1, 0.15) is 0 Å². The van der Waals surface area contributed by atoms with E-state index < -0.39 is 190 Å². The van der Waals surface area contributed by atoms with Crippen LogP contribution in [0, 0.1) is 0 Å². The van der Waals surface area contributed by atoms with Gasteiger partial charge in [0.2, 0.25) is 0 Å². The van der Waals surface area contributed by atoms with Crippen LogP contribution in [0.5, 0.6) is 0 Å². The van der Waals surface area contributed by atoms with E-state index in [0.717, 1.165) is 21.0 Å². The third-order valence-electron chi connectivity index (χ3n) is 3.24. The molecule has 41 heteroatoms. The Balaban J connectivity index is 3.02. The van der Waals surface area contributed by atoms with Gasteiger partial charge in [0.25, 0.3) is 190 Å². The molecule has 0 rings (SSSR count). The maximum atomic E-state index is 5.48. The molecule has 0 aromatic carbocycles. The molecule has 0 aromatic heterocycles. The molecule has 20 nitrogen and oxygen atoms in total. The Morgan fingerprint density at radius 3 is 0.366 bits per heavy atom. The minimum Gasteiger partial charge on any atom is -0.449 e. The fraction of sp³-hybridized carbons (Fsp3) is 0. The Bertz CT molecular complexity index is 415. The lowest BCUT2D eigenvalue weighted by atomic mass is 15.7. The molecule has 248 valence electrons. The molecule has 0 aliphatic rings. The highest BCUT2D eigenvalue weighted by Gasteiger charge is 1.99. The van der Waals surface area contributed by atoms with Crippen molar-refractivity contribution in [2.75, 3.05) is 0 Å². The summed E-state index contributed by atoms with van der Waals surface area (Å²) in [5.74, 6) is 0. The molecule has 0 fully saturated rings. The summed E-state index contributed by atoms with van der Waals surface area (Å²) in [5.41, 5.74) is 0. The second-order valence-electron chi connectivity index (χ2n) is 6.49. The molecule has 41 heavy (non-hydrogen) atoms. The first-order valence-electron chi connectivity index (χ1n) is 11.8. The molecule has 0 amide bonds. The maximum absolute atomic E-state index is 5.48. The van der Waals surface area contributed by atoms with Crippen molar-refractivity contribution >= 4 is 211 Å². The van der Waals surface area contributed by atoms with Crippen molar-refractivity contribution in [2.45, 2.75) is 0 Å². The van der Waals surface area contributed by atoms with Gasteiger partial charge in [0.1, 0.15) is 21.0 Å². The van der Waals surface area contributed by atoms with Gasteiger partial charge in [-0.25, -0.2) is 0 Å². The molecular weight excluding hydrogens is 910 g/mol. The second-order valence-corrected chi connectivity index (χ2v) is 45.0. The van der Waals surface area contributed by atoms with Crippen molar-refractivity contribution in [3.8, 4) is 0 Å². The Kier molecular flexibility index (Phi) is 47.8. The van der Waals surface area contributed by atoms with Gasteiger partial charge < -0.3 is 82.3 Å². The van der Waals surface area contributed by atoms with Crippen molar-refractivity contribution in [3.63, 3.8) is 0 Å². The van der Waals surface area contributed by atoms with Crippen LogP contribution in [0.4, 0.5) is 0 Å². The molecule has 0 unspecified atom stereocenters. The minimum atomic E-state index is -1.04. The average Bonchev–Trinajstić information content (AvgIpc) is 2.98. The number of hydrogen-bond donors (Lipinski definition) is 0. The average molecular weight is 954 g/mol. The second kappa shape index (κ2) is 43.8. The van der Waals surface area contributed by atoms with E-state index in [1.54, 1.807) is 0 Å². The first-order valence-corrected chi connectivity index (χ1v) is 35.4. The maximum Gasteiger partial charge on any atom is 0.286 e. The molecule has 0 aliphatic heterocycles. The Morgan fingerprint density at radius 2 is 0.268 bits per heavy atom. The topological polar surface area (TPSA) is 185 Å². The van der Waals surface area contributed by atoms with Gasteiger partial charge in [0.15, 0.2) is 0 Å². The number of hydrogen-bond acceptors (Lipinski definition) is 20. The van der Waals surface area contributed by atoms with E-state index in [2.05, 4.69) is 0 Å². The summed E-state index contributed by atoms with van der Waals surface area (Å²) >= 11 is 0. The zero-order valence-corrected chi connectivity index (χ0v) is 54.5. The Hall–Kier alpha value is 3.75. The highest BCUT2D eigenvalue weighted by molar-refractivity contribution is 6.52. The largest absolute Gasteiger partial charge is 0.449 e. The van der Waals surface area contributed by atoms with Gasteiger partial charge in [0.05, 0.1) is 0 Å². The summed E-state index contributed by atoms with van der Waals surface area (Å²) in [5, 5.41) is 0. The lowest BCUT2D eigenvalue weighted by Crippen LogP contribution is -2.22. The molecule has 0 spiro atoms. The van der Waals surface area contributed by atoms with Gasteiger partial charge in [-0.05, 0) is 0 Å². The van der Waals surface area contributed by atoms with Gasteiger partial charge in [-0.2, -0.15) is 0 Å². The highest BCUT2D eigenvalue weighted by atomic mass is 28.4. The first kappa shape index (κ1) is 44.8. The van der Waals surface area contributed by atoms with E-state index in [0.29, 0.717) is 0 Å². The highest BCUT2D eigenvalue weighted by Crippen LogP contribution is 1.81. The van der Waals surface area contributed by atoms with Crippen molar-refractivity contribution in [2.24, 2.45) is 0 Å². The lowest BCUT2D eigenvalue weighted by Gasteiger charge is -2.09. The SMILES string of the molecule is [SiH3]O[SiH2]O[SiH2]O[SiH2]O[SiH2]O[SiH2]O[SiH2]O[SiH2]O[SiH2]O[SiH2]O[SiH2]O[SiH2]O[SiH2]O[SiH2]O[SiH2]O[SiH2]O[SiH2]O[SiH2]O[SiH2]O[SiH2]O[SiH3]. The molecule has 0 N–H and O–H groups in total. The van der Waals surface area contributed by atoms with Gasteiger partial charge in [-0.1, -0.05) is 0 Å². The summed E-state index contributed by atoms with van der Waals surface area (Å²) in [6.07, 6.45) is 0. The molecule has 0 bridgehead atoms. The van der Waals surface area contributed by atoms with Crippen LogP contribution in [0.3, 0.4) is 0 Å². The normalized spacial score (nSPS) is 17.3. The van der Waals surface area contributed by atoms with E-state index >= 15 is 0 Å². The van der Waals surface area contributed by atoms with Crippen LogP contribution in [-0.2, 0) is 82.3 Å². The van der Waals surface area contributed by atoms with E-state index in [9.17, 15) is 0 Å². The molecular formula is H44O20Si21. The fourth-order valence-electron chi connectivity index (χ4n) is 1.78. The number of rotatable bonds is 38. The van der Waals surface area contributed by atoms with Crippen LogP contribution in [-0.4, -0.2) is 211 Å². The Morgan fingerprint density at radius 1 is 0.171 bits per heavy atom. The fourth-order valence-corrected chi connectivity index (χ4v) is 37.1. The monoisotopic (exact) mass is 952 g/mol. The van der Waals surface area contributed by atoms with Crippen LogP contribution in [0.25, 0.3) is 0 Å². The van der Waals surface area contributed by atoms with Crippen molar-refractivity contribution in [3.05, 3.63) is 0 Å². The van der Waals surface area contributed by atoms with Gasteiger partial charge in [-0.3, -0.25) is 0 Å². The summed E-state index contributed by atoms with van der Waals surface area (Å²) in [6, 6.07) is 0. The van der Waals surface area contributed by atoms with E-state index in [1.165, 1.54) is 0 Å². The zero-order chi connectivity index (χ0) is 29.6. The van der Waals surface area contributed by atoms with Gasteiger partial charge >= 0.3 is 0 Å². The Labute approximate surface area is 291 Å². The van der Waals surface area contributed by atoms with Crippen LogP contribution in [0.15, 0.2) is 0 Å². The summed E-state index contributed by atoms with van der Waals surface area (Å²) in [7, 11) is -17.0. The van der Waals surface area contributed by atoms with Gasteiger partial charge in [0, 0.05) is 0 Å². The quantitative estimate of drug-likeness (QED) is 0.0420. The predicted octanol–water partition coefficient (Wildman–Crippen LogP) is -21.1. The van der Waals surface area contributed by atoms with E-state index in [-0.39, 0.29) is 0 Å². The smallest absolute Gasteiger partial charge is 0.286 e. The standard InChI is InChI=1S/H44O20Si21/c21-1-23-3-25-5-27-7-29-9-31-11-33-13-35-15-37-17-39-19-41-20-40-18-38-16-36-14-34-12-32-10-30-8-28-6-26-4-24-2-22/h23-41H2,21-22H3. The summed E-state index contributed by atoms with van der Waals surface area (Å²) in [6.45, 7) is 0. The minimum absolute atomic E-state index is 0.735. The van der Waals surface area contributed by atoms with Crippen molar-refractivity contribution in [1.29, 1.82) is 0 Å². The summed E-state index contributed by atoms with van der Waals surface area (Å²) < 4.78 is 108. The molecule has 0 saturated carbocycles. The van der Waals surface area contributed by atoms with Crippen molar-refractivity contribution < 1.29 is 82.3 Å². The first-order chi connectivity index (χ1) is 20.4. The molecule has 0 heterocycles. The molecule has 0 atom stereocenters. The molecule has 0 aliphatic carbocycles.